The molecule has 0 spiro atoms. The second-order valence-electron chi connectivity index (χ2n) is 4.15. The lowest BCUT2D eigenvalue weighted by Gasteiger charge is -2.09. The van der Waals surface area contributed by atoms with E-state index in [-0.39, 0.29) is 0 Å². The Morgan fingerprint density at radius 1 is 1.33 bits per heavy atom. The van der Waals surface area contributed by atoms with Gasteiger partial charge in [-0.2, -0.15) is 0 Å². The second-order valence-corrected chi connectivity index (χ2v) is 5.81. The van der Waals surface area contributed by atoms with Crippen LogP contribution in [-0.4, -0.2) is 18.0 Å². The summed E-state index contributed by atoms with van der Waals surface area (Å²) in [5.41, 5.74) is 3.27. The number of halogens is 1. The molecule has 0 saturated heterocycles. The molecule has 0 aliphatic rings. The summed E-state index contributed by atoms with van der Waals surface area (Å²) in [5.74, 6) is 1.48. The Morgan fingerprint density at radius 2 is 2.11 bits per heavy atom. The van der Waals surface area contributed by atoms with Gasteiger partial charge in [0, 0.05) is 16.3 Å². The van der Waals surface area contributed by atoms with Crippen LogP contribution in [0.4, 0.5) is 0 Å². The van der Waals surface area contributed by atoms with E-state index in [9.17, 15) is 0 Å². The van der Waals surface area contributed by atoms with Crippen molar-refractivity contribution in [2.75, 3.05) is 13.0 Å². The Morgan fingerprint density at radius 3 is 2.78 bits per heavy atom. The molecule has 0 saturated carbocycles. The van der Waals surface area contributed by atoms with Gasteiger partial charge in [-0.25, -0.2) is 4.98 Å². The van der Waals surface area contributed by atoms with Gasteiger partial charge in [-0.3, -0.25) is 0 Å². The summed E-state index contributed by atoms with van der Waals surface area (Å²) in [6.45, 7) is 4.09. The summed E-state index contributed by atoms with van der Waals surface area (Å²) in [5, 5.41) is 1.06. The predicted octanol–water partition coefficient (Wildman–Crippen LogP) is 4.22. The zero-order valence-electron chi connectivity index (χ0n) is 10.8. The Kier molecular flexibility index (Phi) is 4.25. The van der Waals surface area contributed by atoms with E-state index in [1.54, 1.807) is 18.4 Å². The SMILES string of the molecule is COc1ccc(C)cc1-c1nc(C)sc1CCCl. The topological polar surface area (TPSA) is 22.1 Å². The van der Waals surface area contributed by atoms with Crippen LogP contribution in [0.2, 0.25) is 0 Å². The number of methoxy groups -OCH3 is 1. The van der Waals surface area contributed by atoms with E-state index >= 15 is 0 Å². The fourth-order valence-corrected chi connectivity index (χ4v) is 3.19. The van der Waals surface area contributed by atoms with E-state index < -0.39 is 0 Å². The standard InChI is InChI=1S/C14H16ClNOS/c1-9-4-5-12(17-3)11(8-9)14-13(6-7-15)18-10(2)16-14/h4-5,8H,6-7H2,1-3H3. The Labute approximate surface area is 117 Å². The fourth-order valence-electron chi connectivity index (χ4n) is 1.94. The first-order chi connectivity index (χ1) is 8.65. The molecule has 0 aliphatic heterocycles. The third kappa shape index (κ3) is 2.68. The molecule has 1 aromatic heterocycles. The number of aromatic nitrogens is 1. The number of nitrogens with zero attached hydrogens (tertiary/aromatic N) is 1. The number of rotatable bonds is 4. The van der Waals surface area contributed by atoms with Crippen molar-refractivity contribution in [3.05, 3.63) is 33.6 Å². The van der Waals surface area contributed by atoms with E-state index in [2.05, 4.69) is 18.0 Å². The molecule has 1 aromatic carbocycles. The van der Waals surface area contributed by atoms with E-state index in [1.807, 2.05) is 19.1 Å². The highest BCUT2D eigenvalue weighted by Crippen LogP contribution is 2.35. The van der Waals surface area contributed by atoms with Gasteiger partial charge >= 0.3 is 0 Å². The average molecular weight is 282 g/mol. The minimum absolute atomic E-state index is 0.614. The van der Waals surface area contributed by atoms with Crippen LogP contribution in [0, 0.1) is 13.8 Å². The zero-order chi connectivity index (χ0) is 13.1. The summed E-state index contributed by atoms with van der Waals surface area (Å²) >= 11 is 7.57. The maximum absolute atomic E-state index is 5.86. The van der Waals surface area contributed by atoms with Crippen LogP contribution in [0.15, 0.2) is 18.2 Å². The highest BCUT2D eigenvalue weighted by Gasteiger charge is 2.15. The monoisotopic (exact) mass is 281 g/mol. The van der Waals surface area contributed by atoms with Crippen molar-refractivity contribution in [3.8, 4) is 17.0 Å². The molecule has 0 bridgehead atoms. The smallest absolute Gasteiger partial charge is 0.128 e. The molecule has 4 heteroatoms. The molecule has 1 heterocycles. The number of alkyl halides is 1. The summed E-state index contributed by atoms with van der Waals surface area (Å²) in [6, 6.07) is 6.15. The lowest BCUT2D eigenvalue weighted by Crippen LogP contribution is -1.92. The molecule has 18 heavy (non-hydrogen) atoms. The largest absolute Gasteiger partial charge is 0.496 e. The minimum atomic E-state index is 0.614. The summed E-state index contributed by atoms with van der Waals surface area (Å²) in [6.07, 6.45) is 0.847. The fraction of sp³-hybridized carbons (Fsp3) is 0.357. The van der Waals surface area contributed by atoms with Crippen molar-refractivity contribution in [2.45, 2.75) is 20.3 Å². The van der Waals surface area contributed by atoms with Gasteiger partial charge in [-0.05, 0) is 32.4 Å². The van der Waals surface area contributed by atoms with E-state index in [4.69, 9.17) is 16.3 Å². The van der Waals surface area contributed by atoms with Crippen LogP contribution in [0.5, 0.6) is 5.75 Å². The molecule has 0 aliphatic carbocycles. The van der Waals surface area contributed by atoms with Gasteiger partial charge in [-0.1, -0.05) is 11.6 Å². The van der Waals surface area contributed by atoms with Crippen LogP contribution in [0.25, 0.3) is 11.3 Å². The Balaban J connectivity index is 2.56. The lowest BCUT2D eigenvalue weighted by atomic mass is 10.1. The number of hydrogen-bond donors (Lipinski definition) is 0. The number of ether oxygens (including phenoxy) is 1. The zero-order valence-corrected chi connectivity index (χ0v) is 12.4. The predicted molar refractivity (Wildman–Crippen MR) is 78.0 cm³/mol. The van der Waals surface area contributed by atoms with Crippen LogP contribution in [0.3, 0.4) is 0 Å². The molecular formula is C14H16ClNOS. The molecular weight excluding hydrogens is 266 g/mol. The maximum Gasteiger partial charge on any atom is 0.128 e. The molecule has 0 fully saturated rings. The van der Waals surface area contributed by atoms with Gasteiger partial charge in [0.2, 0.25) is 0 Å². The lowest BCUT2D eigenvalue weighted by molar-refractivity contribution is 0.416. The minimum Gasteiger partial charge on any atom is -0.496 e. The molecule has 0 unspecified atom stereocenters. The van der Waals surface area contributed by atoms with Gasteiger partial charge in [-0.15, -0.1) is 22.9 Å². The number of hydrogen-bond acceptors (Lipinski definition) is 3. The number of thiazole rings is 1. The van der Waals surface area contributed by atoms with Crippen molar-refractivity contribution in [2.24, 2.45) is 0 Å². The van der Waals surface area contributed by atoms with Crippen LogP contribution < -0.4 is 4.74 Å². The molecule has 2 nitrogen and oxygen atoms in total. The molecule has 0 atom stereocenters. The molecule has 2 aromatic rings. The maximum atomic E-state index is 5.86. The normalized spacial score (nSPS) is 10.7. The van der Waals surface area contributed by atoms with Crippen LogP contribution >= 0.6 is 22.9 Å². The second kappa shape index (κ2) is 5.72. The van der Waals surface area contributed by atoms with Crippen molar-refractivity contribution in [1.29, 1.82) is 0 Å². The van der Waals surface area contributed by atoms with E-state index in [0.29, 0.717) is 5.88 Å². The van der Waals surface area contributed by atoms with Gasteiger partial charge in [0.1, 0.15) is 5.75 Å². The first kappa shape index (κ1) is 13.4. The third-order valence-electron chi connectivity index (χ3n) is 2.74. The molecule has 0 N–H and O–H groups in total. The van der Waals surface area contributed by atoms with E-state index in [1.165, 1.54) is 10.4 Å². The Hall–Kier alpha value is -1.06. The van der Waals surface area contributed by atoms with Crippen molar-refractivity contribution < 1.29 is 4.74 Å². The molecule has 0 radical (unpaired) electrons. The van der Waals surface area contributed by atoms with Gasteiger partial charge in [0.25, 0.3) is 0 Å². The third-order valence-corrected chi connectivity index (χ3v) is 3.96. The summed E-state index contributed by atoms with van der Waals surface area (Å²) in [4.78, 5) is 5.86. The number of aryl methyl sites for hydroxylation is 3. The molecule has 2 rings (SSSR count). The van der Waals surface area contributed by atoms with Gasteiger partial charge in [0.15, 0.2) is 0 Å². The van der Waals surface area contributed by atoms with Gasteiger partial charge < -0.3 is 4.74 Å². The van der Waals surface area contributed by atoms with Crippen LogP contribution in [-0.2, 0) is 6.42 Å². The first-order valence-electron chi connectivity index (χ1n) is 5.83. The van der Waals surface area contributed by atoms with Gasteiger partial charge in [0.05, 0.1) is 17.8 Å². The average Bonchev–Trinajstić information content (AvgIpc) is 2.71. The van der Waals surface area contributed by atoms with Crippen molar-refractivity contribution >= 4 is 22.9 Å². The van der Waals surface area contributed by atoms with Crippen molar-refractivity contribution in [1.82, 2.24) is 4.98 Å². The quantitative estimate of drug-likeness (QED) is 0.783. The highest BCUT2D eigenvalue weighted by atomic mass is 35.5. The highest BCUT2D eigenvalue weighted by molar-refractivity contribution is 7.12. The molecule has 96 valence electrons. The van der Waals surface area contributed by atoms with Crippen molar-refractivity contribution in [3.63, 3.8) is 0 Å². The van der Waals surface area contributed by atoms with Crippen LogP contribution in [0.1, 0.15) is 15.4 Å². The summed E-state index contributed by atoms with van der Waals surface area (Å²) < 4.78 is 5.43. The Bertz CT molecular complexity index is 551. The first-order valence-corrected chi connectivity index (χ1v) is 7.18. The summed E-state index contributed by atoms with van der Waals surface area (Å²) in [7, 11) is 1.69. The van der Waals surface area contributed by atoms with E-state index in [0.717, 1.165) is 28.4 Å². The molecule has 0 amide bonds. The number of benzene rings is 1.